The summed E-state index contributed by atoms with van der Waals surface area (Å²) in [5.41, 5.74) is 0. The van der Waals surface area contributed by atoms with E-state index in [0.717, 1.165) is 36.7 Å². The monoisotopic (exact) mass is 302 g/mol. The molecule has 0 bridgehead atoms. The zero-order valence-corrected chi connectivity index (χ0v) is 13.9. The first-order chi connectivity index (χ1) is 10.8. The van der Waals surface area contributed by atoms with Gasteiger partial charge >= 0.3 is 0 Å². The summed E-state index contributed by atoms with van der Waals surface area (Å²) in [7, 11) is 0. The summed E-state index contributed by atoms with van der Waals surface area (Å²) in [6.07, 6.45) is 12.5. The van der Waals surface area contributed by atoms with E-state index in [-0.39, 0.29) is 6.61 Å². The molecule has 1 unspecified atom stereocenters. The first-order valence-corrected chi connectivity index (χ1v) is 8.96. The Balaban J connectivity index is 1.65. The van der Waals surface area contributed by atoms with Gasteiger partial charge < -0.3 is 9.52 Å². The van der Waals surface area contributed by atoms with Crippen LogP contribution in [0.2, 0.25) is 0 Å². The summed E-state index contributed by atoms with van der Waals surface area (Å²) >= 11 is 0. The van der Waals surface area contributed by atoms with Gasteiger partial charge in [-0.3, -0.25) is 0 Å². The van der Waals surface area contributed by atoms with Crippen molar-refractivity contribution in [2.45, 2.75) is 71.1 Å². The Morgan fingerprint density at radius 2 is 2.09 bits per heavy atom. The number of hydrogen-bond acceptors (Lipinski definition) is 2. The van der Waals surface area contributed by atoms with Crippen LogP contribution >= 0.6 is 0 Å². The topological polar surface area (TPSA) is 33.4 Å². The van der Waals surface area contributed by atoms with Crippen LogP contribution in [0.5, 0.6) is 0 Å². The molecule has 1 aromatic heterocycles. The fraction of sp³-hybridized carbons (Fsp3) is 0.700. The third-order valence-electron chi connectivity index (χ3n) is 4.71. The van der Waals surface area contributed by atoms with Gasteiger partial charge in [-0.1, -0.05) is 44.9 Å². The minimum Gasteiger partial charge on any atom is -0.453 e. The third kappa shape index (κ3) is 6.28. The molecule has 1 fully saturated rings. The summed E-state index contributed by atoms with van der Waals surface area (Å²) in [6.45, 7) is 2.30. The van der Waals surface area contributed by atoms with Crippen molar-refractivity contribution in [3.8, 4) is 11.8 Å². The predicted molar refractivity (Wildman–Crippen MR) is 90.6 cm³/mol. The molecule has 1 atom stereocenters. The van der Waals surface area contributed by atoms with Crippen molar-refractivity contribution >= 4 is 0 Å². The number of rotatable bonds is 7. The second kappa shape index (κ2) is 9.74. The summed E-state index contributed by atoms with van der Waals surface area (Å²) in [4.78, 5) is 0. The molecule has 0 aliphatic heterocycles. The van der Waals surface area contributed by atoms with E-state index in [4.69, 9.17) is 9.52 Å². The summed E-state index contributed by atoms with van der Waals surface area (Å²) in [5, 5.41) is 9.03. The van der Waals surface area contributed by atoms with Crippen LogP contribution < -0.4 is 0 Å². The molecule has 1 heterocycles. The highest BCUT2D eigenvalue weighted by atomic mass is 16.3. The first-order valence-electron chi connectivity index (χ1n) is 8.96. The quantitative estimate of drug-likeness (QED) is 0.571. The average Bonchev–Trinajstić information content (AvgIpc) is 3.01. The number of hydrogen-bond donors (Lipinski definition) is 1. The highest BCUT2D eigenvalue weighted by Gasteiger charge is 2.12. The number of aliphatic hydroxyl groups excluding tert-OH is 1. The fourth-order valence-electron chi connectivity index (χ4n) is 3.16. The molecule has 1 saturated carbocycles. The highest BCUT2D eigenvalue weighted by molar-refractivity contribution is 5.26. The van der Waals surface area contributed by atoms with Crippen LogP contribution in [0.4, 0.5) is 0 Å². The number of unbranched alkanes of at least 4 members (excludes halogenated alkanes) is 1. The minimum absolute atomic E-state index is 0.244. The van der Waals surface area contributed by atoms with Gasteiger partial charge in [0.15, 0.2) is 5.76 Å². The van der Waals surface area contributed by atoms with Crippen molar-refractivity contribution in [1.82, 2.24) is 0 Å². The van der Waals surface area contributed by atoms with Crippen molar-refractivity contribution in [1.29, 1.82) is 0 Å². The van der Waals surface area contributed by atoms with Gasteiger partial charge in [-0.15, -0.1) is 0 Å². The molecule has 1 aromatic rings. The van der Waals surface area contributed by atoms with Gasteiger partial charge in [0.05, 0.1) is 0 Å². The van der Waals surface area contributed by atoms with Gasteiger partial charge in [0.25, 0.3) is 0 Å². The Hall–Kier alpha value is -1.20. The molecule has 122 valence electrons. The highest BCUT2D eigenvalue weighted by Crippen LogP contribution is 2.27. The van der Waals surface area contributed by atoms with Crippen LogP contribution in [0.25, 0.3) is 0 Å². The summed E-state index contributed by atoms with van der Waals surface area (Å²) < 4.78 is 5.72. The Kier molecular flexibility index (Phi) is 7.60. The van der Waals surface area contributed by atoms with E-state index in [1.165, 1.54) is 44.9 Å². The smallest absolute Gasteiger partial charge is 0.177 e. The molecular formula is C20H30O2. The van der Waals surface area contributed by atoms with E-state index in [1.807, 2.05) is 12.1 Å². The van der Waals surface area contributed by atoms with E-state index in [0.29, 0.717) is 5.92 Å². The molecule has 2 heteroatoms. The number of furan rings is 1. The van der Waals surface area contributed by atoms with Gasteiger partial charge in [-0.25, -0.2) is 0 Å². The summed E-state index contributed by atoms with van der Waals surface area (Å²) in [6, 6.07) is 3.98. The second-order valence-corrected chi connectivity index (χ2v) is 6.79. The zero-order chi connectivity index (χ0) is 15.6. The molecule has 2 rings (SSSR count). The first kappa shape index (κ1) is 17.2. The largest absolute Gasteiger partial charge is 0.453 e. The lowest BCUT2D eigenvalue weighted by Crippen LogP contribution is -2.05. The minimum atomic E-state index is 0.244. The SMILES string of the molecule is CC(CO)CCc1ccc(C#CCCCC2CCCCC2)o1. The van der Waals surface area contributed by atoms with E-state index in [9.17, 15) is 0 Å². The Morgan fingerprint density at radius 3 is 2.86 bits per heavy atom. The predicted octanol–water partition coefficient (Wildman–Crippen LogP) is 4.94. The lowest BCUT2D eigenvalue weighted by molar-refractivity contribution is 0.228. The maximum Gasteiger partial charge on any atom is 0.177 e. The maximum atomic E-state index is 9.03. The molecule has 0 saturated heterocycles. The van der Waals surface area contributed by atoms with Gasteiger partial charge in [0.2, 0.25) is 0 Å². The van der Waals surface area contributed by atoms with Gasteiger partial charge in [0, 0.05) is 19.4 Å². The molecule has 1 aliphatic carbocycles. The molecule has 0 radical (unpaired) electrons. The van der Waals surface area contributed by atoms with E-state index < -0.39 is 0 Å². The van der Waals surface area contributed by atoms with E-state index >= 15 is 0 Å². The standard InChI is InChI=1S/C20H30O2/c1-17(16-21)12-13-20-15-14-19(22-20)11-7-3-6-10-18-8-4-2-5-9-18/h14-15,17-18,21H,2-6,8-10,12-13,16H2,1H3. The third-order valence-corrected chi connectivity index (χ3v) is 4.71. The zero-order valence-electron chi connectivity index (χ0n) is 13.9. The van der Waals surface area contributed by atoms with Crippen molar-refractivity contribution in [2.75, 3.05) is 6.61 Å². The van der Waals surface area contributed by atoms with Crippen molar-refractivity contribution in [3.63, 3.8) is 0 Å². The summed E-state index contributed by atoms with van der Waals surface area (Å²) in [5.74, 6) is 9.44. The average molecular weight is 302 g/mol. The molecule has 0 amide bonds. The molecule has 22 heavy (non-hydrogen) atoms. The molecule has 0 aromatic carbocycles. The van der Waals surface area contributed by atoms with Crippen LogP contribution in [0, 0.1) is 23.7 Å². The Labute approximate surface area is 135 Å². The van der Waals surface area contributed by atoms with Crippen LogP contribution in [-0.4, -0.2) is 11.7 Å². The molecule has 0 spiro atoms. The maximum absolute atomic E-state index is 9.03. The van der Waals surface area contributed by atoms with Crippen molar-refractivity contribution < 1.29 is 9.52 Å². The molecule has 1 N–H and O–H groups in total. The van der Waals surface area contributed by atoms with Gasteiger partial charge in [0.1, 0.15) is 5.76 Å². The normalized spacial score (nSPS) is 17.0. The van der Waals surface area contributed by atoms with Gasteiger partial charge in [-0.2, -0.15) is 0 Å². The van der Waals surface area contributed by atoms with Crippen LogP contribution in [-0.2, 0) is 6.42 Å². The molecular weight excluding hydrogens is 272 g/mol. The second-order valence-electron chi connectivity index (χ2n) is 6.79. The lowest BCUT2D eigenvalue weighted by Gasteiger charge is -2.20. The Morgan fingerprint density at radius 1 is 1.27 bits per heavy atom. The van der Waals surface area contributed by atoms with Crippen LogP contribution in [0.3, 0.4) is 0 Å². The van der Waals surface area contributed by atoms with E-state index in [1.54, 1.807) is 0 Å². The fourth-order valence-corrected chi connectivity index (χ4v) is 3.16. The van der Waals surface area contributed by atoms with Crippen LogP contribution in [0.15, 0.2) is 16.5 Å². The Bertz CT molecular complexity index is 471. The van der Waals surface area contributed by atoms with Crippen LogP contribution in [0.1, 0.15) is 76.2 Å². The molecule has 2 nitrogen and oxygen atoms in total. The van der Waals surface area contributed by atoms with E-state index in [2.05, 4.69) is 18.8 Å². The number of aryl methyl sites for hydroxylation is 1. The lowest BCUT2D eigenvalue weighted by atomic mass is 9.86. The van der Waals surface area contributed by atoms with Crippen molar-refractivity contribution in [3.05, 3.63) is 23.7 Å². The van der Waals surface area contributed by atoms with Crippen molar-refractivity contribution in [2.24, 2.45) is 11.8 Å². The number of aliphatic hydroxyl groups is 1. The molecule has 1 aliphatic rings. The van der Waals surface area contributed by atoms with Gasteiger partial charge in [-0.05, 0) is 49.2 Å².